The van der Waals surface area contributed by atoms with Gasteiger partial charge in [-0.15, -0.1) is 0 Å². The molecule has 7 heteroatoms. The molecule has 0 spiro atoms. The topological polar surface area (TPSA) is 64.4 Å². The van der Waals surface area contributed by atoms with Crippen LogP contribution in [0.15, 0.2) is 40.9 Å². The summed E-state index contributed by atoms with van der Waals surface area (Å²) in [5.74, 6) is -0.159. The van der Waals surface area contributed by atoms with Gasteiger partial charge in [0.2, 0.25) is 5.82 Å². The highest BCUT2D eigenvalue weighted by Crippen LogP contribution is 2.25. The van der Waals surface area contributed by atoms with Crippen LogP contribution in [0.25, 0.3) is 0 Å². The SMILES string of the molecule is COc1cc(Br)cc(NCc2ccc([N+](=O)[O-])c(F)c2)c1. The number of ether oxygens (including phenoxy) is 1. The summed E-state index contributed by atoms with van der Waals surface area (Å²) >= 11 is 3.36. The third-order valence-corrected chi connectivity index (χ3v) is 3.27. The third-order valence-electron chi connectivity index (χ3n) is 2.81. The van der Waals surface area contributed by atoms with E-state index in [1.807, 2.05) is 12.1 Å². The van der Waals surface area contributed by atoms with Gasteiger partial charge in [0.05, 0.1) is 12.0 Å². The minimum absolute atomic E-state index is 0.342. The van der Waals surface area contributed by atoms with E-state index in [-0.39, 0.29) is 0 Å². The fourth-order valence-electron chi connectivity index (χ4n) is 1.80. The number of methoxy groups -OCH3 is 1. The first-order chi connectivity index (χ1) is 9.99. The molecule has 0 aliphatic rings. The Hall–Kier alpha value is -2.15. The van der Waals surface area contributed by atoms with Crippen molar-refractivity contribution in [2.45, 2.75) is 6.54 Å². The number of nitro benzene ring substituents is 1. The Morgan fingerprint density at radius 1 is 1.33 bits per heavy atom. The normalized spacial score (nSPS) is 10.2. The molecular formula is C14H12BrFN2O3. The molecule has 0 fully saturated rings. The number of nitrogens with one attached hydrogen (secondary N) is 1. The molecular weight excluding hydrogens is 343 g/mol. The van der Waals surface area contributed by atoms with Gasteiger partial charge in [-0.2, -0.15) is 4.39 Å². The number of nitro groups is 1. The molecule has 0 atom stereocenters. The summed E-state index contributed by atoms with van der Waals surface area (Å²) in [7, 11) is 1.57. The summed E-state index contributed by atoms with van der Waals surface area (Å²) in [5, 5.41) is 13.7. The van der Waals surface area contributed by atoms with Crippen molar-refractivity contribution in [1.82, 2.24) is 0 Å². The lowest BCUT2D eigenvalue weighted by Crippen LogP contribution is -2.01. The first kappa shape index (κ1) is 15.2. The zero-order chi connectivity index (χ0) is 15.4. The minimum Gasteiger partial charge on any atom is -0.497 e. The van der Waals surface area contributed by atoms with Gasteiger partial charge in [0, 0.05) is 28.8 Å². The standard InChI is InChI=1S/C14H12BrFN2O3/c1-21-12-6-10(15)5-11(7-12)17-8-9-2-3-14(18(19)20)13(16)4-9/h2-7,17H,8H2,1H3. The van der Waals surface area contributed by atoms with E-state index in [0.29, 0.717) is 17.9 Å². The van der Waals surface area contributed by atoms with E-state index in [9.17, 15) is 14.5 Å². The van der Waals surface area contributed by atoms with Crippen LogP contribution in [-0.2, 0) is 6.54 Å². The van der Waals surface area contributed by atoms with E-state index in [2.05, 4.69) is 21.2 Å². The summed E-state index contributed by atoms with van der Waals surface area (Å²) in [5.41, 5.74) is 0.875. The van der Waals surface area contributed by atoms with Gasteiger partial charge >= 0.3 is 5.69 Å². The number of hydrogen-bond donors (Lipinski definition) is 1. The van der Waals surface area contributed by atoms with E-state index in [0.717, 1.165) is 22.3 Å². The molecule has 0 saturated heterocycles. The molecule has 0 bridgehead atoms. The fourth-order valence-corrected chi connectivity index (χ4v) is 2.27. The third kappa shape index (κ3) is 3.91. The zero-order valence-corrected chi connectivity index (χ0v) is 12.7. The van der Waals surface area contributed by atoms with Crippen LogP contribution in [0.5, 0.6) is 5.75 Å². The molecule has 0 unspecified atom stereocenters. The molecule has 110 valence electrons. The molecule has 0 heterocycles. The molecule has 1 N–H and O–H groups in total. The highest BCUT2D eigenvalue weighted by Gasteiger charge is 2.13. The van der Waals surface area contributed by atoms with E-state index < -0.39 is 16.4 Å². The monoisotopic (exact) mass is 354 g/mol. The molecule has 21 heavy (non-hydrogen) atoms. The fraction of sp³-hybridized carbons (Fsp3) is 0.143. The number of anilines is 1. The summed E-state index contributed by atoms with van der Waals surface area (Å²) in [4.78, 5) is 9.81. The van der Waals surface area contributed by atoms with E-state index in [1.54, 1.807) is 13.2 Å². The Balaban J connectivity index is 2.11. The molecule has 2 rings (SSSR count). The Morgan fingerprint density at radius 2 is 2.10 bits per heavy atom. The van der Waals surface area contributed by atoms with Gasteiger partial charge in [-0.3, -0.25) is 10.1 Å². The summed E-state index contributed by atoms with van der Waals surface area (Å²) in [6, 6.07) is 9.30. The van der Waals surface area contributed by atoms with Gasteiger partial charge in [0.1, 0.15) is 5.75 Å². The predicted octanol–water partition coefficient (Wildman–Crippen LogP) is 4.12. The average Bonchev–Trinajstić information content (AvgIpc) is 2.44. The second-order valence-corrected chi connectivity index (χ2v) is 5.19. The number of hydrogen-bond acceptors (Lipinski definition) is 4. The summed E-state index contributed by atoms with van der Waals surface area (Å²) < 4.78 is 19.5. The molecule has 0 radical (unpaired) electrons. The second kappa shape index (κ2) is 6.53. The van der Waals surface area contributed by atoms with Gasteiger partial charge < -0.3 is 10.1 Å². The van der Waals surface area contributed by atoms with Crippen molar-refractivity contribution in [3.8, 4) is 5.75 Å². The van der Waals surface area contributed by atoms with Crippen LogP contribution in [0.4, 0.5) is 15.8 Å². The van der Waals surface area contributed by atoms with E-state index in [1.165, 1.54) is 6.07 Å². The Morgan fingerprint density at radius 3 is 2.71 bits per heavy atom. The molecule has 5 nitrogen and oxygen atoms in total. The van der Waals surface area contributed by atoms with Crippen molar-refractivity contribution < 1.29 is 14.1 Å². The van der Waals surface area contributed by atoms with Gasteiger partial charge in [0.15, 0.2) is 0 Å². The molecule has 0 amide bonds. The maximum Gasteiger partial charge on any atom is 0.304 e. The average molecular weight is 355 g/mol. The maximum absolute atomic E-state index is 13.5. The van der Waals surface area contributed by atoms with E-state index >= 15 is 0 Å². The largest absolute Gasteiger partial charge is 0.497 e. The van der Waals surface area contributed by atoms with Gasteiger partial charge in [0.25, 0.3) is 0 Å². The quantitative estimate of drug-likeness (QED) is 0.647. The number of halogens is 2. The predicted molar refractivity (Wildman–Crippen MR) is 81.1 cm³/mol. The molecule has 0 aliphatic carbocycles. The van der Waals surface area contributed by atoms with Crippen LogP contribution in [0, 0.1) is 15.9 Å². The minimum atomic E-state index is -0.842. The van der Waals surface area contributed by atoms with Crippen LogP contribution in [0.3, 0.4) is 0 Å². The van der Waals surface area contributed by atoms with Gasteiger partial charge in [-0.25, -0.2) is 0 Å². The molecule has 0 aromatic heterocycles. The van der Waals surface area contributed by atoms with Gasteiger partial charge in [-0.05, 0) is 23.8 Å². The van der Waals surface area contributed by atoms with Crippen LogP contribution in [0.2, 0.25) is 0 Å². The molecule has 0 saturated carbocycles. The number of nitrogens with zero attached hydrogens (tertiary/aromatic N) is 1. The van der Waals surface area contributed by atoms with Crippen molar-refractivity contribution in [3.05, 3.63) is 62.4 Å². The Bertz CT molecular complexity index is 679. The zero-order valence-electron chi connectivity index (χ0n) is 11.1. The molecule has 0 aliphatic heterocycles. The highest BCUT2D eigenvalue weighted by atomic mass is 79.9. The Kier molecular flexibility index (Phi) is 4.74. The van der Waals surface area contributed by atoms with Crippen molar-refractivity contribution in [3.63, 3.8) is 0 Å². The van der Waals surface area contributed by atoms with Crippen molar-refractivity contribution in [2.24, 2.45) is 0 Å². The van der Waals surface area contributed by atoms with Crippen molar-refractivity contribution in [2.75, 3.05) is 12.4 Å². The smallest absolute Gasteiger partial charge is 0.304 e. The maximum atomic E-state index is 13.5. The van der Waals surface area contributed by atoms with Crippen LogP contribution >= 0.6 is 15.9 Å². The lowest BCUT2D eigenvalue weighted by Gasteiger charge is -2.09. The highest BCUT2D eigenvalue weighted by molar-refractivity contribution is 9.10. The first-order valence-electron chi connectivity index (χ1n) is 6.01. The summed E-state index contributed by atoms with van der Waals surface area (Å²) in [6.45, 7) is 0.342. The lowest BCUT2D eigenvalue weighted by molar-refractivity contribution is -0.387. The first-order valence-corrected chi connectivity index (χ1v) is 6.80. The van der Waals surface area contributed by atoms with Crippen LogP contribution in [0.1, 0.15) is 5.56 Å². The van der Waals surface area contributed by atoms with Crippen LogP contribution < -0.4 is 10.1 Å². The van der Waals surface area contributed by atoms with E-state index in [4.69, 9.17) is 4.74 Å². The second-order valence-electron chi connectivity index (χ2n) is 4.28. The van der Waals surface area contributed by atoms with Gasteiger partial charge in [-0.1, -0.05) is 22.0 Å². The van der Waals surface area contributed by atoms with Crippen molar-refractivity contribution >= 4 is 27.3 Å². The molecule has 2 aromatic carbocycles. The summed E-state index contributed by atoms with van der Waals surface area (Å²) in [6.07, 6.45) is 0. The Labute approximate surface area is 129 Å². The van der Waals surface area contributed by atoms with Crippen molar-refractivity contribution in [1.29, 1.82) is 0 Å². The van der Waals surface area contributed by atoms with Crippen LogP contribution in [-0.4, -0.2) is 12.0 Å². The molecule has 2 aromatic rings. The number of benzene rings is 2. The number of rotatable bonds is 5. The lowest BCUT2D eigenvalue weighted by atomic mass is 10.2.